The number of amides is 2. The van der Waals surface area contributed by atoms with E-state index in [0.29, 0.717) is 0 Å². The summed E-state index contributed by atoms with van der Waals surface area (Å²) in [7, 11) is 0. The molecule has 0 aromatic heterocycles. The summed E-state index contributed by atoms with van der Waals surface area (Å²) in [4.78, 5) is 23.7. The summed E-state index contributed by atoms with van der Waals surface area (Å²) in [5, 5.41) is 129. The van der Waals surface area contributed by atoms with Gasteiger partial charge in [0.05, 0.1) is 26.4 Å². The van der Waals surface area contributed by atoms with Crippen LogP contribution in [-0.4, -0.2) is 222 Å². The molecule has 4 aliphatic rings. The molecule has 4 aliphatic heterocycles. The molecule has 0 saturated carbocycles. The zero-order valence-electron chi connectivity index (χ0n) is 27.4. The van der Waals surface area contributed by atoms with Crippen molar-refractivity contribution in [2.45, 2.75) is 137 Å². The number of carbonyl (C=O) groups excluding carboxylic acids is 2. The summed E-state index contributed by atoms with van der Waals surface area (Å²) in [5.41, 5.74) is 0. The van der Waals surface area contributed by atoms with Crippen molar-refractivity contribution in [1.82, 2.24) is 10.6 Å². The molecule has 20 atom stereocenters. The lowest BCUT2D eigenvalue weighted by Gasteiger charge is -2.48. The molecule has 0 radical (unpaired) electrons. The van der Waals surface area contributed by atoms with E-state index in [1.165, 1.54) is 0 Å². The van der Waals surface area contributed by atoms with Gasteiger partial charge >= 0.3 is 0 Å². The second-order valence-electron chi connectivity index (χ2n) is 12.7. The molecule has 0 aromatic rings. The van der Waals surface area contributed by atoms with Gasteiger partial charge in [0.2, 0.25) is 11.8 Å². The van der Waals surface area contributed by atoms with Crippen LogP contribution in [0.2, 0.25) is 0 Å². The molecule has 4 fully saturated rings. The first-order valence-electron chi connectivity index (χ1n) is 16.1. The molecule has 4 saturated heterocycles. The maximum atomic E-state index is 11.9. The Kier molecular flexibility index (Phi) is 14.8. The second kappa shape index (κ2) is 18.0. The number of carbonyl (C=O) groups is 2. The van der Waals surface area contributed by atoms with Crippen molar-refractivity contribution in [2.24, 2.45) is 0 Å². The minimum atomic E-state index is -2.00. The summed E-state index contributed by atoms with van der Waals surface area (Å²) in [5.74, 6) is -1.36. The largest absolute Gasteiger partial charge is 0.394 e. The minimum absolute atomic E-state index is 0.651. The third-order valence-electron chi connectivity index (χ3n) is 8.97. The van der Waals surface area contributed by atoms with E-state index in [4.69, 9.17) is 33.2 Å². The van der Waals surface area contributed by atoms with E-state index in [9.17, 15) is 70.9 Å². The second-order valence-corrected chi connectivity index (χ2v) is 12.7. The summed E-state index contributed by atoms with van der Waals surface area (Å²) in [6.07, 6.45) is -31.1. The number of hydrogen-bond acceptors (Lipinski definition) is 21. The number of ether oxygens (including phenoxy) is 7. The molecule has 4 rings (SSSR count). The lowest BCUT2D eigenvalue weighted by molar-refractivity contribution is -0.366. The normalized spacial score (nSPS) is 47.8. The monoisotopic (exact) mass is 748 g/mol. The molecule has 2 amide bonds. The van der Waals surface area contributed by atoms with Gasteiger partial charge in [0.15, 0.2) is 25.2 Å². The summed E-state index contributed by atoms with van der Waals surface area (Å²) in [6.45, 7) is -0.816. The topological polar surface area (TPSA) is 366 Å². The van der Waals surface area contributed by atoms with Gasteiger partial charge in [-0.1, -0.05) is 0 Å². The molecule has 0 aliphatic carbocycles. The SMILES string of the molecule is CC(=O)N[C@H]1[C@H](OC[C@H]2O[C@H](OC[C@H]3OC(O)[C@H](O)[C@@H](O)[C@@H]3O)[C@@H](O[C@@H]3O[C@H](CO)[C@@H](O)[C@H](O)[C@H]3NC(C)=O)[C@@H](O)[C@@H]2O)O[C@H](CO)[C@@H](O)[C@@H]1O. The zero-order chi connectivity index (χ0) is 37.9. The van der Waals surface area contributed by atoms with Gasteiger partial charge in [0.1, 0.15) is 97.5 Å². The van der Waals surface area contributed by atoms with E-state index in [2.05, 4.69) is 10.6 Å². The maximum Gasteiger partial charge on any atom is 0.217 e. The summed E-state index contributed by atoms with van der Waals surface area (Å²) >= 11 is 0. The van der Waals surface area contributed by atoms with Crippen LogP contribution < -0.4 is 10.6 Å². The molecule has 1 unspecified atom stereocenters. The third kappa shape index (κ3) is 9.47. The first kappa shape index (κ1) is 41.9. The van der Waals surface area contributed by atoms with Crippen molar-refractivity contribution < 1.29 is 104 Å². The average molecular weight is 749 g/mol. The molecule has 0 aromatic carbocycles. The van der Waals surface area contributed by atoms with Gasteiger partial charge in [-0.25, -0.2) is 0 Å². The van der Waals surface area contributed by atoms with Crippen molar-refractivity contribution in [2.75, 3.05) is 26.4 Å². The highest BCUT2D eigenvalue weighted by Crippen LogP contribution is 2.32. The van der Waals surface area contributed by atoms with Crippen molar-refractivity contribution >= 4 is 11.8 Å². The van der Waals surface area contributed by atoms with Crippen LogP contribution in [0, 0.1) is 0 Å². The molecule has 51 heavy (non-hydrogen) atoms. The Hall–Kier alpha value is -1.82. The van der Waals surface area contributed by atoms with Crippen LogP contribution in [0.25, 0.3) is 0 Å². The van der Waals surface area contributed by atoms with Crippen LogP contribution in [0.3, 0.4) is 0 Å². The standard InChI is InChI=1S/C28H48N2O21/c1-7(33)29-13-19(39)15(35)9(3-31)48-26(13)45-6-12-18(38)22(42)24(28(50-12)46-5-11-17(37)21(41)23(43)25(44)47-11)51-27-14(30-8(2)34)20(40)16(36)10(4-32)49-27/h9-28,31-32,35-44H,3-6H2,1-2H3,(H,29,33)(H,30,34)/t9-,10-,11-,12-,13-,14-,15-,16-,17-,18-,19-,20-,21+,22+,23-,24+,25?,26-,27+,28+/m1/s1. The van der Waals surface area contributed by atoms with E-state index >= 15 is 0 Å². The van der Waals surface area contributed by atoms with Crippen molar-refractivity contribution in [3.8, 4) is 0 Å². The number of rotatable bonds is 12. The lowest BCUT2D eigenvalue weighted by Crippen LogP contribution is -2.68. The Balaban J connectivity index is 1.57. The Labute approximate surface area is 289 Å². The highest BCUT2D eigenvalue weighted by molar-refractivity contribution is 5.73. The smallest absolute Gasteiger partial charge is 0.217 e. The van der Waals surface area contributed by atoms with Crippen molar-refractivity contribution in [3.05, 3.63) is 0 Å². The predicted octanol–water partition coefficient (Wildman–Crippen LogP) is -9.46. The molecule has 14 N–H and O–H groups in total. The van der Waals surface area contributed by atoms with Gasteiger partial charge in [0, 0.05) is 13.8 Å². The van der Waals surface area contributed by atoms with E-state index in [1.54, 1.807) is 0 Å². The van der Waals surface area contributed by atoms with Crippen molar-refractivity contribution in [3.63, 3.8) is 0 Å². The molecule has 296 valence electrons. The summed E-state index contributed by atoms with van der Waals surface area (Å²) in [6, 6.07) is -2.90. The van der Waals surface area contributed by atoms with Crippen LogP contribution in [-0.2, 0) is 42.7 Å². The van der Waals surface area contributed by atoms with E-state index < -0.39 is 161 Å². The summed E-state index contributed by atoms with van der Waals surface area (Å²) < 4.78 is 39.3. The fourth-order valence-electron chi connectivity index (χ4n) is 6.12. The Morgan fingerprint density at radius 2 is 0.922 bits per heavy atom. The molecule has 0 bridgehead atoms. The van der Waals surface area contributed by atoms with Gasteiger partial charge in [-0.2, -0.15) is 0 Å². The Morgan fingerprint density at radius 3 is 1.43 bits per heavy atom. The highest BCUT2D eigenvalue weighted by Gasteiger charge is 2.53. The van der Waals surface area contributed by atoms with Crippen LogP contribution in [0.5, 0.6) is 0 Å². The number of nitrogens with one attached hydrogen (secondary N) is 2. The molecule has 23 nitrogen and oxygen atoms in total. The molecule has 0 spiro atoms. The molecular formula is C28H48N2O21. The van der Waals surface area contributed by atoms with Gasteiger partial charge in [-0.15, -0.1) is 0 Å². The van der Waals surface area contributed by atoms with Crippen LogP contribution >= 0.6 is 0 Å². The van der Waals surface area contributed by atoms with Gasteiger partial charge in [-0.3, -0.25) is 9.59 Å². The van der Waals surface area contributed by atoms with Gasteiger partial charge < -0.3 is 105 Å². The first-order chi connectivity index (χ1) is 24.0. The minimum Gasteiger partial charge on any atom is -0.394 e. The highest BCUT2D eigenvalue weighted by atomic mass is 16.8. The van der Waals surface area contributed by atoms with Gasteiger partial charge in [0.25, 0.3) is 0 Å². The van der Waals surface area contributed by atoms with E-state index in [0.717, 1.165) is 13.8 Å². The van der Waals surface area contributed by atoms with Gasteiger partial charge in [-0.05, 0) is 0 Å². The molecule has 4 heterocycles. The number of aliphatic hydroxyl groups excluding tert-OH is 12. The number of aliphatic hydroxyl groups is 12. The predicted molar refractivity (Wildman–Crippen MR) is 157 cm³/mol. The Morgan fingerprint density at radius 1 is 0.510 bits per heavy atom. The van der Waals surface area contributed by atoms with E-state index in [-0.39, 0.29) is 0 Å². The van der Waals surface area contributed by atoms with Crippen molar-refractivity contribution in [1.29, 1.82) is 0 Å². The Bertz CT molecular complexity index is 1140. The molecule has 23 heteroatoms. The molecular weight excluding hydrogens is 700 g/mol. The average Bonchev–Trinajstić information content (AvgIpc) is 3.08. The fourth-order valence-corrected chi connectivity index (χ4v) is 6.12. The third-order valence-corrected chi connectivity index (χ3v) is 8.97. The lowest BCUT2D eigenvalue weighted by atomic mass is 9.95. The van der Waals surface area contributed by atoms with Crippen LogP contribution in [0.15, 0.2) is 0 Å². The fraction of sp³-hybridized carbons (Fsp3) is 0.929. The van der Waals surface area contributed by atoms with Crippen LogP contribution in [0.1, 0.15) is 13.8 Å². The van der Waals surface area contributed by atoms with Crippen LogP contribution in [0.4, 0.5) is 0 Å². The zero-order valence-corrected chi connectivity index (χ0v) is 27.4. The first-order valence-corrected chi connectivity index (χ1v) is 16.1. The maximum absolute atomic E-state index is 11.9. The quantitative estimate of drug-likeness (QED) is 0.0881. The number of hydrogen-bond donors (Lipinski definition) is 14. The van der Waals surface area contributed by atoms with E-state index in [1.807, 2.05) is 0 Å².